The first kappa shape index (κ1) is 17.4. The minimum Gasteiger partial charge on any atom is -0.352 e. The zero-order valence-corrected chi connectivity index (χ0v) is 15.9. The SMILES string of the molecule is Cc1cc(C)n(-c2ccc(CCNC(=O)c3ccc(Br)cc3)cc2)n1. The van der Waals surface area contributed by atoms with E-state index in [4.69, 9.17) is 0 Å². The van der Waals surface area contributed by atoms with Gasteiger partial charge >= 0.3 is 0 Å². The molecule has 1 aromatic heterocycles. The molecule has 2 aromatic carbocycles. The second kappa shape index (κ2) is 7.66. The zero-order chi connectivity index (χ0) is 17.8. The molecule has 1 N–H and O–H groups in total. The van der Waals surface area contributed by atoms with Crippen molar-refractivity contribution >= 4 is 21.8 Å². The fourth-order valence-corrected chi connectivity index (χ4v) is 2.98. The number of nitrogens with one attached hydrogen (secondary N) is 1. The number of carbonyl (C=O) groups excluding carboxylic acids is 1. The van der Waals surface area contributed by atoms with E-state index in [1.54, 1.807) is 0 Å². The maximum Gasteiger partial charge on any atom is 0.251 e. The number of aryl methyl sites for hydroxylation is 2. The van der Waals surface area contributed by atoms with E-state index in [0.29, 0.717) is 12.1 Å². The van der Waals surface area contributed by atoms with Crippen molar-refractivity contribution in [2.45, 2.75) is 20.3 Å². The van der Waals surface area contributed by atoms with Crippen LogP contribution in [-0.2, 0) is 6.42 Å². The normalized spacial score (nSPS) is 10.7. The van der Waals surface area contributed by atoms with E-state index in [2.05, 4.69) is 56.7 Å². The highest BCUT2D eigenvalue weighted by Gasteiger charge is 2.06. The van der Waals surface area contributed by atoms with Gasteiger partial charge in [0.15, 0.2) is 0 Å². The van der Waals surface area contributed by atoms with Crippen LogP contribution in [0.15, 0.2) is 59.1 Å². The maximum atomic E-state index is 12.1. The summed E-state index contributed by atoms with van der Waals surface area (Å²) in [7, 11) is 0. The van der Waals surface area contributed by atoms with Crippen molar-refractivity contribution in [2.24, 2.45) is 0 Å². The van der Waals surface area contributed by atoms with Crippen molar-refractivity contribution in [1.82, 2.24) is 15.1 Å². The minimum absolute atomic E-state index is 0.0493. The molecule has 0 fully saturated rings. The maximum absolute atomic E-state index is 12.1. The summed E-state index contributed by atoms with van der Waals surface area (Å²) >= 11 is 3.37. The van der Waals surface area contributed by atoms with Gasteiger partial charge in [0.1, 0.15) is 0 Å². The fourth-order valence-electron chi connectivity index (χ4n) is 2.72. The summed E-state index contributed by atoms with van der Waals surface area (Å²) in [6, 6.07) is 17.7. The Labute approximate surface area is 156 Å². The van der Waals surface area contributed by atoms with E-state index in [-0.39, 0.29) is 5.91 Å². The third-order valence-corrected chi connectivity index (χ3v) is 4.52. The average Bonchev–Trinajstić information content (AvgIpc) is 2.94. The van der Waals surface area contributed by atoms with E-state index in [1.165, 1.54) is 5.56 Å². The Morgan fingerprint density at radius 1 is 1.08 bits per heavy atom. The van der Waals surface area contributed by atoms with Crippen LogP contribution in [0, 0.1) is 13.8 Å². The van der Waals surface area contributed by atoms with Gasteiger partial charge in [0.25, 0.3) is 5.91 Å². The molecule has 5 heteroatoms. The van der Waals surface area contributed by atoms with Crippen molar-refractivity contribution in [3.05, 3.63) is 81.6 Å². The number of halogens is 1. The van der Waals surface area contributed by atoms with Crippen molar-refractivity contribution in [2.75, 3.05) is 6.54 Å². The molecule has 0 unspecified atom stereocenters. The Morgan fingerprint density at radius 2 is 1.76 bits per heavy atom. The second-order valence-corrected chi connectivity index (χ2v) is 6.93. The van der Waals surface area contributed by atoms with Crippen LogP contribution in [0.1, 0.15) is 27.3 Å². The standard InChI is InChI=1S/C20H20BrN3O/c1-14-13-15(2)24(23-14)19-9-3-16(4-10-19)11-12-22-20(25)17-5-7-18(21)8-6-17/h3-10,13H,11-12H2,1-2H3,(H,22,25). The van der Waals surface area contributed by atoms with Gasteiger partial charge in [-0.3, -0.25) is 4.79 Å². The fraction of sp³-hybridized carbons (Fsp3) is 0.200. The molecule has 0 spiro atoms. The highest BCUT2D eigenvalue weighted by atomic mass is 79.9. The van der Waals surface area contributed by atoms with Gasteiger partial charge in [0.2, 0.25) is 0 Å². The summed E-state index contributed by atoms with van der Waals surface area (Å²) in [5.41, 5.74) is 5.03. The molecule has 128 valence electrons. The summed E-state index contributed by atoms with van der Waals surface area (Å²) in [6.07, 6.45) is 0.791. The highest BCUT2D eigenvalue weighted by molar-refractivity contribution is 9.10. The lowest BCUT2D eigenvalue weighted by Crippen LogP contribution is -2.25. The van der Waals surface area contributed by atoms with Crippen LogP contribution >= 0.6 is 15.9 Å². The van der Waals surface area contributed by atoms with E-state index in [0.717, 1.165) is 28.0 Å². The first-order chi connectivity index (χ1) is 12.0. The summed E-state index contributed by atoms with van der Waals surface area (Å²) in [4.78, 5) is 12.1. The van der Waals surface area contributed by atoms with Gasteiger partial charge in [-0.2, -0.15) is 5.10 Å². The molecule has 0 saturated heterocycles. The molecule has 1 amide bonds. The van der Waals surface area contributed by atoms with Gasteiger partial charge in [-0.1, -0.05) is 28.1 Å². The molecule has 4 nitrogen and oxygen atoms in total. The van der Waals surface area contributed by atoms with Gasteiger partial charge < -0.3 is 5.32 Å². The van der Waals surface area contributed by atoms with Crippen molar-refractivity contribution in [3.8, 4) is 5.69 Å². The molecule has 0 atom stereocenters. The molecule has 1 heterocycles. The van der Waals surface area contributed by atoms with E-state index in [1.807, 2.05) is 42.8 Å². The molecule has 0 saturated carbocycles. The number of amides is 1. The third kappa shape index (κ3) is 4.37. The van der Waals surface area contributed by atoms with E-state index < -0.39 is 0 Å². The zero-order valence-electron chi connectivity index (χ0n) is 14.3. The van der Waals surface area contributed by atoms with Crippen LogP contribution < -0.4 is 5.32 Å². The lowest BCUT2D eigenvalue weighted by Gasteiger charge is -2.08. The van der Waals surface area contributed by atoms with E-state index >= 15 is 0 Å². The van der Waals surface area contributed by atoms with Crippen LogP contribution in [0.3, 0.4) is 0 Å². The van der Waals surface area contributed by atoms with Crippen LogP contribution in [0.25, 0.3) is 5.69 Å². The van der Waals surface area contributed by atoms with E-state index in [9.17, 15) is 4.79 Å². The lowest BCUT2D eigenvalue weighted by molar-refractivity contribution is 0.0954. The van der Waals surface area contributed by atoms with Crippen LogP contribution in [-0.4, -0.2) is 22.2 Å². The van der Waals surface area contributed by atoms with Gasteiger partial charge in [-0.15, -0.1) is 0 Å². The van der Waals surface area contributed by atoms with Gasteiger partial charge in [0.05, 0.1) is 11.4 Å². The Kier molecular flexibility index (Phi) is 5.34. The molecular weight excluding hydrogens is 378 g/mol. The number of nitrogens with zero attached hydrogens (tertiary/aromatic N) is 2. The largest absolute Gasteiger partial charge is 0.352 e. The molecule has 0 aliphatic rings. The number of hydrogen-bond acceptors (Lipinski definition) is 2. The topological polar surface area (TPSA) is 46.9 Å². The lowest BCUT2D eigenvalue weighted by atomic mass is 10.1. The smallest absolute Gasteiger partial charge is 0.251 e. The number of rotatable bonds is 5. The molecule has 0 aliphatic heterocycles. The molecular formula is C20H20BrN3O. The number of carbonyl (C=O) groups is 1. The quantitative estimate of drug-likeness (QED) is 0.700. The summed E-state index contributed by atoms with van der Waals surface area (Å²) in [5, 5.41) is 7.45. The van der Waals surface area contributed by atoms with Gasteiger partial charge in [-0.25, -0.2) is 4.68 Å². The van der Waals surface area contributed by atoms with Crippen LogP contribution in [0.5, 0.6) is 0 Å². The second-order valence-electron chi connectivity index (χ2n) is 6.02. The molecule has 0 aliphatic carbocycles. The summed E-state index contributed by atoms with van der Waals surface area (Å²) in [5.74, 6) is -0.0493. The summed E-state index contributed by atoms with van der Waals surface area (Å²) in [6.45, 7) is 4.64. The van der Waals surface area contributed by atoms with Gasteiger partial charge in [-0.05, 0) is 68.3 Å². The van der Waals surface area contributed by atoms with Crippen LogP contribution in [0.4, 0.5) is 0 Å². The van der Waals surface area contributed by atoms with Gasteiger partial charge in [0, 0.05) is 22.3 Å². The van der Waals surface area contributed by atoms with Crippen molar-refractivity contribution in [1.29, 1.82) is 0 Å². The van der Waals surface area contributed by atoms with Crippen molar-refractivity contribution in [3.63, 3.8) is 0 Å². The number of benzene rings is 2. The van der Waals surface area contributed by atoms with Crippen LogP contribution in [0.2, 0.25) is 0 Å². The summed E-state index contributed by atoms with van der Waals surface area (Å²) < 4.78 is 2.90. The number of hydrogen-bond donors (Lipinski definition) is 1. The molecule has 25 heavy (non-hydrogen) atoms. The molecule has 0 radical (unpaired) electrons. The average molecular weight is 398 g/mol. The molecule has 3 rings (SSSR count). The third-order valence-electron chi connectivity index (χ3n) is 4.00. The molecule has 3 aromatic rings. The monoisotopic (exact) mass is 397 g/mol. The first-order valence-corrected chi connectivity index (χ1v) is 8.98. The van der Waals surface area contributed by atoms with Crippen molar-refractivity contribution < 1.29 is 4.79 Å². The Morgan fingerprint density at radius 3 is 2.36 bits per heavy atom. The highest BCUT2D eigenvalue weighted by Crippen LogP contribution is 2.13. The minimum atomic E-state index is -0.0493. The predicted molar refractivity (Wildman–Crippen MR) is 103 cm³/mol. The Hall–Kier alpha value is -2.40. The Balaban J connectivity index is 1.56. The predicted octanol–water partition coefficient (Wildman–Crippen LogP) is 4.22. The molecule has 0 bridgehead atoms. The number of aromatic nitrogens is 2. The Bertz CT molecular complexity index is 867. The first-order valence-electron chi connectivity index (χ1n) is 8.19.